The topological polar surface area (TPSA) is 58.9 Å². The summed E-state index contributed by atoms with van der Waals surface area (Å²) >= 11 is 0. The molecule has 0 saturated heterocycles. The minimum atomic E-state index is -0.300. The maximum absolute atomic E-state index is 12.5. The number of rotatable bonds is 4. The molecule has 1 aromatic heterocycles. The van der Waals surface area contributed by atoms with Crippen molar-refractivity contribution < 1.29 is 4.92 Å². The number of fused-ring (bicyclic) bond motifs is 7. The van der Waals surface area contributed by atoms with Crippen LogP contribution in [0.5, 0.6) is 0 Å². The molecule has 8 rings (SSSR count). The monoisotopic (exact) mass is 592 g/mol. The van der Waals surface area contributed by atoms with E-state index in [1.165, 1.54) is 0 Å². The molecular weight excluding hydrogens is 564 g/mol. The summed E-state index contributed by atoms with van der Waals surface area (Å²) in [5.74, 6) is 0. The molecule has 0 spiro atoms. The predicted octanol–water partition coefficient (Wildman–Crippen LogP) is 11.7. The molecule has 7 aromatic carbocycles. The summed E-state index contributed by atoms with van der Waals surface area (Å²) in [5, 5.41) is 18.4. The van der Waals surface area contributed by atoms with E-state index in [-0.39, 0.29) is 10.6 Å². The SMILES string of the molecule is O=[N+]([O-])c1cccc2c1[nH]c1c(-c3cc(-c4ccccc4)cc(-c4ccccc4)c3)cccc1c1ccccc1c1ccccc21. The number of benzene rings is 7. The van der Waals surface area contributed by atoms with Crippen molar-refractivity contribution in [3.8, 4) is 33.4 Å². The highest BCUT2D eigenvalue weighted by Gasteiger charge is 2.16. The third-order valence-corrected chi connectivity index (χ3v) is 8.74. The standard InChI is InChI=1S/C42H28N2O2/c45-44(46)40-24-12-23-39-37-20-10-8-18-35(37)34-17-7-9-19-36(34)38-22-11-21-33(41(38)43-42(39)40)32-26-30(28-13-3-1-4-14-28)25-31(27-32)29-15-5-2-6-16-29/h1-27,43H. The highest BCUT2D eigenvalue weighted by molar-refractivity contribution is 6.21. The highest BCUT2D eigenvalue weighted by atomic mass is 16.6. The molecular formula is C42H28N2O2. The van der Waals surface area contributed by atoms with Gasteiger partial charge >= 0.3 is 0 Å². The van der Waals surface area contributed by atoms with E-state index in [9.17, 15) is 10.1 Å². The second kappa shape index (κ2) is 11.3. The first-order chi connectivity index (χ1) is 22.7. The van der Waals surface area contributed by atoms with Crippen LogP contribution in [0.2, 0.25) is 0 Å². The number of aromatic nitrogens is 1. The van der Waals surface area contributed by atoms with E-state index in [2.05, 4.69) is 114 Å². The molecule has 0 atom stereocenters. The van der Waals surface area contributed by atoms with Crippen molar-refractivity contribution in [2.75, 3.05) is 0 Å². The number of nitro groups is 1. The number of nitrogens with zero attached hydrogens (tertiary/aromatic N) is 1. The number of nitro benzene ring substituents is 1. The second-order valence-electron chi connectivity index (χ2n) is 11.4. The lowest BCUT2D eigenvalue weighted by Gasteiger charge is -2.13. The van der Waals surface area contributed by atoms with E-state index in [1.54, 1.807) is 12.1 Å². The van der Waals surface area contributed by atoms with Gasteiger partial charge in [-0.1, -0.05) is 140 Å². The average Bonchev–Trinajstić information content (AvgIpc) is 3.17. The molecule has 218 valence electrons. The lowest BCUT2D eigenvalue weighted by molar-refractivity contribution is -0.383. The number of non-ortho nitro benzene ring substituents is 1. The number of para-hydroxylation sites is 2. The molecule has 0 aliphatic heterocycles. The molecule has 0 fully saturated rings. The van der Waals surface area contributed by atoms with Gasteiger partial charge in [-0.15, -0.1) is 0 Å². The van der Waals surface area contributed by atoms with Gasteiger partial charge in [0.2, 0.25) is 0 Å². The Hall–Kier alpha value is -6.26. The van der Waals surface area contributed by atoms with Gasteiger partial charge in [-0.05, 0) is 67.6 Å². The van der Waals surface area contributed by atoms with Crippen molar-refractivity contribution in [1.82, 2.24) is 4.98 Å². The molecule has 0 unspecified atom stereocenters. The van der Waals surface area contributed by atoms with Gasteiger partial charge in [0.05, 0.1) is 10.4 Å². The maximum atomic E-state index is 12.5. The summed E-state index contributed by atoms with van der Waals surface area (Å²) in [4.78, 5) is 15.9. The van der Waals surface area contributed by atoms with Gasteiger partial charge in [0.15, 0.2) is 0 Å². The maximum Gasteiger partial charge on any atom is 0.293 e. The van der Waals surface area contributed by atoms with E-state index in [0.717, 1.165) is 71.2 Å². The molecule has 4 heteroatoms. The van der Waals surface area contributed by atoms with Crippen LogP contribution in [-0.2, 0) is 0 Å². The fourth-order valence-electron chi connectivity index (χ4n) is 6.61. The minimum absolute atomic E-state index is 0.0297. The van der Waals surface area contributed by atoms with E-state index in [0.29, 0.717) is 5.52 Å². The number of hydrogen-bond acceptors (Lipinski definition) is 2. The Morgan fingerprint density at radius 3 is 1.33 bits per heavy atom. The Bertz CT molecular complexity index is 2440. The van der Waals surface area contributed by atoms with Gasteiger partial charge in [0.25, 0.3) is 5.69 Å². The normalized spacial score (nSPS) is 11.2. The lowest BCUT2D eigenvalue weighted by atomic mass is 9.92. The Balaban J connectivity index is 1.59. The average molecular weight is 593 g/mol. The van der Waals surface area contributed by atoms with E-state index in [4.69, 9.17) is 0 Å². The predicted molar refractivity (Wildman–Crippen MR) is 191 cm³/mol. The van der Waals surface area contributed by atoms with Gasteiger partial charge in [-0.2, -0.15) is 0 Å². The number of nitrogens with one attached hydrogen (secondary N) is 1. The Labute approximate surface area is 265 Å². The van der Waals surface area contributed by atoms with Gasteiger partial charge in [0.1, 0.15) is 5.52 Å². The van der Waals surface area contributed by atoms with E-state index < -0.39 is 0 Å². The van der Waals surface area contributed by atoms with Crippen molar-refractivity contribution in [2.24, 2.45) is 0 Å². The van der Waals surface area contributed by atoms with Crippen LogP contribution < -0.4 is 0 Å². The second-order valence-corrected chi connectivity index (χ2v) is 11.4. The zero-order valence-corrected chi connectivity index (χ0v) is 24.9. The third-order valence-electron chi connectivity index (χ3n) is 8.74. The molecule has 0 saturated carbocycles. The number of H-pyrrole nitrogens is 1. The quantitative estimate of drug-likeness (QED) is 0.163. The molecule has 46 heavy (non-hydrogen) atoms. The molecule has 0 aliphatic rings. The third kappa shape index (κ3) is 4.73. The molecule has 0 radical (unpaired) electrons. The first-order valence-corrected chi connectivity index (χ1v) is 15.3. The summed E-state index contributed by atoms with van der Waals surface area (Å²) < 4.78 is 0. The highest BCUT2D eigenvalue weighted by Crippen LogP contribution is 2.39. The summed E-state index contributed by atoms with van der Waals surface area (Å²) in [6, 6.07) is 55.5. The van der Waals surface area contributed by atoms with Crippen molar-refractivity contribution >= 4 is 49.0 Å². The zero-order valence-electron chi connectivity index (χ0n) is 24.9. The Morgan fingerprint density at radius 1 is 0.391 bits per heavy atom. The molecule has 8 aromatic rings. The summed E-state index contributed by atoms with van der Waals surface area (Å²) in [6.45, 7) is 0. The zero-order chi connectivity index (χ0) is 31.0. The van der Waals surface area contributed by atoms with Crippen molar-refractivity contribution in [2.45, 2.75) is 0 Å². The minimum Gasteiger partial charge on any atom is -0.348 e. The van der Waals surface area contributed by atoms with Crippen molar-refractivity contribution in [3.63, 3.8) is 0 Å². The van der Waals surface area contributed by atoms with Gasteiger partial charge in [0, 0.05) is 22.4 Å². The van der Waals surface area contributed by atoms with Crippen LogP contribution in [0.4, 0.5) is 5.69 Å². The summed E-state index contributed by atoms with van der Waals surface area (Å²) in [6.07, 6.45) is 0. The van der Waals surface area contributed by atoms with Crippen molar-refractivity contribution in [3.05, 3.63) is 174 Å². The summed E-state index contributed by atoms with van der Waals surface area (Å²) in [7, 11) is 0. The molecule has 1 heterocycles. The summed E-state index contributed by atoms with van der Waals surface area (Å²) in [5.41, 5.74) is 7.72. The fourth-order valence-corrected chi connectivity index (χ4v) is 6.61. The van der Waals surface area contributed by atoms with Crippen LogP contribution >= 0.6 is 0 Å². The van der Waals surface area contributed by atoms with Crippen LogP contribution in [0.25, 0.3) is 76.7 Å². The van der Waals surface area contributed by atoms with Gasteiger partial charge in [-0.3, -0.25) is 10.1 Å². The van der Waals surface area contributed by atoms with Crippen LogP contribution in [0.3, 0.4) is 0 Å². The fraction of sp³-hybridized carbons (Fsp3) is 0. The van der Waals surface area contributed by atoms with E-state index in [1.807, 2.05) is 42.5 Å². The smallest absolute Gasteiger partial charge is 0.293 e. The van der Waals surface area contributed by atoms with Crippen LogP contribution in [0.15, 0.2) is 164 Å². The Kier molecular flexibility index (Phi) is 6.73. The number of aromatic amines is 1. The van der Waals surface area contributed by atoms with Gasteiger partial charge in [-0.25, -0.2) is 0 Å². The molecule has 1 N–H and O–H groups in total. The van der Waals surface area contributed by atoms with Crippen LogP contribution in [0.1, 0.15) is 0 Å². The van der Waals surface area contributed by atoms with E-state index >= 15 is 0 Å². The van der Waals surface area contributed by atoms with Crippen LogP contribution in [0, 0.1) is 10.1 Å². The molecule has 0 amide bonds. The first kappa shape index (κ1) is 27.3. The van der Waals surface area contributed by atoms with Crippen molar-refractivity contribution in [1.29, 1.82) is 0 Å². The van der Waals surface area contributed by atoms with Gasteiger partial charge < -0.3 is 4.98 Å². The molecule has 0 bridgehead atoms. The lowest BCUT2D eigenvalue weighted by Crippen LogP contribution is -1.92. The molecule has 4 nitrogen and oxygen atoms in total. The Morgan fingerprint density at radius 2 is 0.804 bits per heavy atom. The first-order valence-electron chi connectivity index (χ1n) is 15.3. The van der Waals surface area contributed by atoms with Crippen LogP contribution in [-0.4, -0.2) is 9.91 Å². The largest absolute Gasteiger partial charge is 0.348 e. The molecule has 0 aliphatic carbocycles. The number of hydrogen-bond donors (Lipinski definition) is 1.